The van der Waals surface area contributed by atoms with Crippen LogP contribution in [0.5, 0.6) is 0 Å². The first-order valence-corrected chi connectivity index (χ1v) is 10.2. The molecule has 1 N–H and O–H groups in total. The molecule has 0 radical (unpaired) electrons. The number of piperidine rings is 1. The smallest absolute Gasteiger partial charge is 0.0920 e. The summed E-state index contributed by atoms with van der Waals surface area (Å²) in [7, 11) is 0. The summed E-state index contributed by atoms with van der Waals surface area (Å²) in [5.41, 5.74) is 2.09. The summed E-state index contributed by atoms with van der Waals surface area (Å²) < 4.78 is 0. The number of aliphatic hydroxyl groups is 1. The van der Waals surface area contributed by atoms with E-state index >= 15 is 0 Å². The van der Waals surface area contributed by atoms with Crippen molar-refractivity contribution in [1.82, 2.24) is 4.90 Å². The van der Waals surface area contributed by atoms with E-state index in [1.807, 2.05) is 29.5 Å². The Labute approximate surface area is 149 Å². The van der Waals surface area contributed by atoms with Crippen LogP contribution in [0.4, 0.5) is 0 Å². The van der Waals surface area contributed by atoms with Crippen molar-refractivity contribution in [2.45, 2.75) is 50.0 Å². The van der Waals surface area contributed by atoms with E-state index in [2.05, 4.69) is 28.5 Å². The minimum Gasteiger partial charge on any atom is -0.385 e. The molecule has 1 aliphatic carbocycles. The van der Waals surface area contributed by atoms with Gasteiger partial charge in [0.1, 0.15) is 0 Å². The Kier molecular flexibility index (Phi) is 4.75. The van der Waals surface area contributed by atoms with E-state index in [4.69, 9.17) is 0 Å². The summed E-state index contributed by atoms with van der Waals surface area (Å²) in [5, 5.41) is 13.2. The zero-order valence-electron chi connectivity index (χ0n) is 14.3. The first-order valence-electron chi connectivity index (χ1n) is 9.31. The molecule has 1 aromatic heterocycles. The van der Waals surface area contributed by atoms with Crippen molar-refractivity contribution in [2.75, 3.05) is 19.6 Å². The van der Waals surface area contributed by atoms with Crippen LogP contribution < -0.4 is 0 Å². The minimum absolute atomic E-state index is 0.622. The van der Waals surface area contributed by atoms with E-state index in [0.29, 0.717) is 0 Å². The second-order valence-electron chi connectivity index (χ2n) is 7.42. The highest BCUT2D eigenvalue weighted by Gasteiger charge is 2.34. The standard InChI is InChI=1S/C21H27NOS/c23-21(18-6-2-1-3-7-18)11-14-22(15-12-21)13-9-17-5-4-8-20-19(17)10-16-24-20/h1-3,6-7,10,16-17,23H,4-5,8-9,11-15H2. The van der Waals surface area contributed by atoms with E-state index in [1.165, 1.54) is 32.2 Å². The van der Waals surface area contributed by atoms with Crippen molar-refractivity contribution >= 4 is 11.3 Å². The molecule has 0 amide bonds. The zero-order chi connectivity index (χ0) is 16.4. The van der Waals surface area contributed by atoms with Crippen molar-refractivity contribution in [3.05, 3.63) is 57.8 Å². The molecule has 1 atom stereocenters. The van der Waals surface area contributed by atoms with Crippen molar-refractivity contribution < 1.29 is 5.11 Å². The molecule has 1 saturated heterocycles. The molecular weight excluding hydrogens is 314 g/mol. The second kappa shape index (κ2) is 6.99. The van der Waals surface area contributed by atoms with Crippen LogP contribution in [0, 0.1) is 0 Å². The van der Waals surface area contributed by atoms with Gasteiger partial charge < -0.3 is 10.0 Å². The lowest BCUT2D eigenvalue weighted by Gasteiger charge is -2.39. The van der Waals surface area contributed by atoms with Crippen LogP contribution in [0.25, 0.3) is 0 Å². The lowest BCUT2D eigenvalue weighted by molar-refractivity contribution is -0.0263. The summed E-state index contributed by atoms with van der Waals surface area (Å²) in [6.07, 6.45) is 6.97. The number of rotatable bonds is 4. The maximum Gasteiger partial charge on any atom is 0.0920 e. The van der Waals surface area contributed by atoms with E-state index in [-0.39, 0.29) is 0 Å². The molecule has 4 rings (SSSR count). The van der Waals surface area contributed by atoms with E-state index < -0.39 is 5.60 Å². The number of likely N-dealkylation sites (tertiary alicyclic amines) is 1. The number of hydrogen-bond donors (Lipinski definition) is 1. The van der Waals surface area contributed by atoms with Gasteiger partial charge in [0.15, 0.2) is 0 Å². The molecule has 2 heterocycles. The van der Waals surface area contributed by atoms with Gasteiger partial charge in [-0.05, 0) is 73.6 Å². The highest BCUT2D eigenvalue weighted by molar-refractivity contribution is 7.10. The number of nitrogens with zero attached hydrogens (tertiary/aromatic N) is 1. The number of thiophene rings is 1. The lowest BCUT2D eigenvalue weighted by atomic mass is 9.83. The summed E-state index contributed by atoms with van der Waals surface area (Å²) in [4.78, 5) is 4.18. The van der Waals surface area contributed by atoms with Gasteiger partial charge in [-0.15, -0.1) is 11.3 Å². The molecule has 1 aromatic carbocycles. The molecule has 1 unspecified atom stereocenters. The third-order valence-electron chi connectivity index (χ3n) is 5.96. The highest BCUT2D eigenvalue weighted by Crippen LogP contribution is 2.38. The van der Waals surface area contributed by atoms with Crippen LogP contribution in [0.2, 0.25) is 0 Å². The van der Waals surface area contributed by atoms with E-state index in [9.17, 15) is 5.11 Å². The predicted molar refractivity (Wildman–Crippen MR) is 101 cm³/mol. The van der Waals surface area contributed by atoms with Gasteiger partial charge in [0.25, 0.3) is 0 Å². The molecule has 1 aliphatic heterocycles. The molecule has 0 bridgehead atoms. The average molecular weight is 342 g/mol. The molecule has 2 nitrogen and oxygen atoms in total. The van der Waals surface area contributed by atoms with Gasteiger partial charge >= 0.3 is 0 Å². The second-order valence-corrected chi connectivity index (χ2v) is 8.42. The summed E-state index contributed by atoms with van der Waals surface area (Å²) in [6.45, 7) is 3.19. The predicted octanol–water partition coefficient (Wildman–Crippen LogP) is 4.54. The highest BCUT2D eigenvalue weighted by atomic mass is 32.1. The van der Waals surface area contributed by atoms with E-state index in [1.54, 1.807) is 10.4 Å². The first-order chi connectivity index (χ1) is 11.7. The monoisotopic (exact) mass is 341 g/mol. The van der Waals surface area contributed by atoms with Gasteiger partial charge in [0, 0.05) is 18.0 Å². The maximum absolute atomic E-state index is 11.0. The third-order valence-corrected chi connectivity index (χ3v) is 6.96. The van der Waals surface area contributed by atoms with Gasteiger partial charge in [-0.3, -0.25) is 0 Å². The largest absolute Gasteiger partial charge is 0.385 e. The molecule has 24 heavy (non-hydrogen) atoms. The fourth-order valence-electron chi connectivity index (χ4n) is 4.40. The number of fused-ring (bicyclic) bond motifs is 1. The van der Waals surface area contributed by atoms with E-state index in [0.717, 1.165) is 37.4 Å². The summed E-state index contributed by atoms with van der Waals surface area (Å²) in [5.74, 6) is 0.759. The van der Waals surface area contributed by atoms with Crippen molar-refractivity contribution in [1.29, 1.82) is 0 Å². The Morgan fingerprint density at radius 1 is 1.12 bits per heavy atom. The SMILES string of the molecule is OC1(c2ccccc2)CCN(CCC2CCCc3sccc32)CC1. The van der Waals surface area contributed by atoms with Crippen LogP contribution >= 0.6 is 11.3 Å². The Morgan fingerprint density at radius 3 is 2.71 bits per heavy atom. The molecule has 2 aromatic rings. The molecule has 1 fully saturated rings. The van der Waals surface area contributed by atoms with Crippen LogP contribution in [0.15, 0.2) is 41.8 Å². The lowest BCUT2D eigenvalue weighted by Crippen LogP contribution is -2.43. The summed E-state index contributed by atoms with van der Waals surface area (Å²) >= 11 is 1.94. The topological polar surface area (TPSA) is 23.5 Å². The van der Waals surface area contributed by atoms with Crippen LogP contribution in [-0.4, -0.2) is 29.6 Å². The van der Waals surface area contributed by atoms with Gasteiger partial charge in [-0.2, -0.15) is 0 Å². The van der Waals surface area contributed by atoms with Gasteiger partial charge in [-0.1, -0.05) is 30.3 Å². The van der Waals surface area contributed by atoms with Gasteiger partial charge in [-0.25, -0.2) is 0 Å². The van der Waals surface area contributed by atoms with Gasteiger partial charge in [0.2, 0.25) is 0 Å². The fourth-order valence-corrected chi connectivity index (χ4v) is 5.42. The summed E-state index contributed by atoms with van der Waals surface area (Å²) in [6, 6.07) is 12.6. The van der Waals surface area contributed by atoms with Crippen molar-refractivity contribution in [3.8, 4) is 0 Å². The maximum atomic E-state index is 11.0. The number of hydrogen-bond acceptors (Lipinski definition) is 3. The first kappa shape index (κ1) is 16.3. The molecule has 128 valence electrons. The number of benzene rings is 1. The van der Waals surface area contributed by atoms with Gasteiger partial charge in [0.05, 0.1) is 5.60 Å². The van der Waals surface area contributed by atoms with Crippen LogP contribution in [-0.2, 0) is 12.0 Å². The Morgan fingerprint density at radius 2 is 1.92 bits per heavy atom. The average Bonchev–Trinajstić information content (AvgIpc) is 3.11. The molecular formula is C21H27NOS. The molecule has 2 aliphatic rings. The normalized spacial score (nSPS) is 23.8. The molecule has 0 saturated carbocycles. The quantitative estimate of drug-likeness (QED) is 0.882. The van der Waals surface area contributed by atoms with Crippen LogP contribution in [0.1, 0.15) is 54.0 Å². The molecule has 3 heteroatoms. The Hall–Kier alpha value is -1.16. The molecule has 0 spiro atoms. The van der Waals surface area contributed by atoms with Crippen molar-refractivity contribution in [2.24, 2.45) is 0 Å². The zero-order valence-corrected chi connectivity index (χ0v) is 15.1. The minimum atomic E-state index is -0.622. The Balaban J connectivity index is 1.32. The van der Waals surface area contributed by atoms with Crippen LogP contribution in [0.3, 0.4) is 0 Å². The Bertz CT molecular complexity index is 657. The third kappa shape index (κ3) is 3.30. The fraction of sp³-hybridized carbons (Fsp3) is 0.524. The number of aryl methyl sites for hydroxylation is 1. The van der Waals surface area contributed by atoms with Crippen molar-refractivity contribution in [3.63, 3.8) is 0 Å².